The molecule has 3 atom stereocenters. The Morgan fingerprint density at radius 2 is 1.94 bits per heavy atom. The first-order valence-corrected chi connectivity index (χ1v) is 7.31. The maximum Gasteiger partial charge on any atom is 0.0630 e. The van der Waals surface area contributed by atoms with E-state index in [4.69, 9.17) is 4.74 Å². The average Bonchev–Trinajstić information content (AvgIpc) is 2.27. The summed E-state index contributed by atoms with van der Waals surface area (Å²) in [6, 6.07) is 0.504. The van der Waals surface area contributed by atoms with E-state index in [-0.39, 0.29) is 5.54 Å². The molecule has 108 valence electrons. The number of hydrogen-bond donors (Lipinski definition) is 1. The molecule has 1 aliphatic heterocycles. The number of ether oxygens (including phenoxy) is 1. The summed E-state index contributed by atoms with van der Waals surface area (Å²) >= 11 is 0. The van der Waals surface area contributed by atoms with E-state index in [2.05, 4.69) is 44.8 Å². The third-order valence-corrected chi connectivity index (χ3v) is 4.11. The van der Waals surface area contributed by atoms with Crippen LogP contribution in [0.15, 0.2) is 0 Å². The van der Waals surface area contributed by atoms with E-state index in [0.29, 0.717) is 6.04 Å². The van der Waals surface area contributed by atoms with Crippen LogP contribution in [0.3, 0.4) is 0 Å². The highest BCUT2D eigenvalue weighted by Crippen LogP contribution is 2.24. The van der Waals surface area contributed by atoms with E-state index < -0.39 is 0 Å². The Balaban J connectivity index is 2.50. The van der Waals surface area contributed by atoms with Crippen LogP contribution >= 0.6 is 0 Å². The van der Waals surface area contributed by atoms with Crippen LogP contribution in [0.1, 0.15) is 41.0 Å². The molecule has 1 heterocycles. The minimum Gasteiger partial charge on any atom is -0.383 e. The Morgan fingerprint density at radius 3 is 2.44 bits per heavy atom. The minimum absolute atomic E-state index is 0.181. The van der Waals surface area contributed by atoms with Gasteiger partial charge in [0.15, 0.2) is 0 Å². The molecule has 1 N–H and O–H groups in total. The number of nitrogens with zero attached hydrogens (tertiary/aromatic N) is 1. The van der Waals surface area contributed by atoms with Crippen LogP contribution in [0.4, 0.5) is 0 Å². The summed E-state index contributed by atoms with van der Waals surface area (Å²) in [5.74, 6) is 1.66. The Morgan fingerprint density at radius 1 is 1.28 bits per heavy atom. The summed E-state index contributed by atoms with van der Waals surface area (Å²) in [6.07, 6.45) is 1.32. The van der Waals surface area contributed by atoms with Gasteiger partial charge in [-0.25, -0.2) is 0 Å². The largest absolute Gasteiger partial charge is 0.383 e. The molecule has 1 fully saturated rings. The number of nitrogens with one attached hydrogen (secondary N) is 1. The second-order valence-corrected chi connectivity index (χ2v) is 6.98. The summed E-state index contributed by atoms with van der Waals surface area (Å²) in [5.41, 5.74) is 0.181. The fraction of sp³-hybridized carbons (Fsp3) is 1.00. The lowest BCUT2D eigenvalue weighted by atomic mass is 9.88. The Hall–Kier alpha value is -0.120. The SMILES string of the molecule is COCC(CNC(C)(C)C)N1CCC(C)C(C)C1. The van der Waals surface area contributed by atoms with Crippen molar-refractivity contribution in [3.63, 3.8) is 0 Å². The first-order chi connectivity index (χ1) is 8.33. The number of likely N-dealkylation sites (tertiary alicyclic amines) is 1. The highest BCUT2D eigenvalue weighted by Gasteiger charge is 2.28. The van der Waals surface area contributed by atoms with Crippen LogP contribution in [0.2, 0.25) is 0 Å². The van der Waals surface area contributed by atoms with Gasteiger partial charge < -0.3 is 10.1 Å². The summed E-state index contributed by atoms with van der Waals surface area (Å²) in [4.78, 5) is 2.60. The van der Waals surface area contributed by atoms with E-state index in [1.807, 2.05) is 0 Å². The molecule has 0 spiro atoms. The van der Waals surface area contributed by atoms with Crippen molar-refractivity contribution in [2.75, 3.05) is 33.4 Å². The quantitative estimate of drug-likeness (QED) is 0.817. The molecule has 0 radical (unpaired) electrons. The number of rotatable bonds is 5. The summed E-state index contributed by atoms with van der Waals surface area (Å²) in [7, 11) is 1.81. The third-order valence-electron chi connectivity index (χ3n) is 4.11. The molecule has 0 saturated carbocycles. The van der Waals surface area contributed by atoms with Gasteiger partial charge in [-0.2, -0.15) is 0 Å². The lowest BCUT2D eigenvalue weighted by Gasteiger charge is -2.40. The molecule has 18 heavy (non-hydrogen) atoms. The number of hydrogen-bond acceptors (Lipinski definition) is 3. The third kappa shape index (κ3) is 5.25. The highest BCUT2D eigenvalue weighted by atomic mass is 16.5. The summed E-state index contributed by atoms with van der Waals surface area (Å²) in [6.45, 7) is 15.7. The van der Waals surface area contributed by atoms with Crippen LogP contribution in [0.5, 0.6) is 0 Å². The lowest BCUT2D eigenvalue weighted by Crippen LogP contribution is -2.53. The maximum absolute atomic E-state index is 5.40. The normalized spacial score (nSPS) is 28.3. The van der Waals surface area contributed by atoms with E-state index in [9.17, 15) is 0 Å². The molecule has 3 heteroatoms. The van der Waals surface area contributed by atoms with Crippen LogP contribution in [0, 0.1) is 11.8 Å². The van der Waals surface area contributed by atoms with E-state index in [1.54, 1.807) is 7.11 Å². The fourth-order valence-electron chi connectivity index (χ4n) is 2.54. The van der Waals surface area contributed by atoms with Crippen molar-refractivity contribution in [3.05, 3.63) is 0 Å². The minimum atomic E-state index is 0.181. The fourth-order valence-corrected chi connectivity index (χ4v) is 2.54. The maximum atomic E-state index is 5.40. The first kappa shape index (κ1) is 15.9. The van der Waals surface area contributed by atoms with Crippen LogP contribution < -0.4 is 5.32 Å². The van der Waals surface area contributed by atoms with Crippen LogP contribution in [0.25, 0.3) is 0 Å². The topological polar surface area (TPSA) is 24.5 Å². The molecule has 0 aromatic rings. The standard InChI is InChI=1S/C15H32N2O/c1-12-7-8-17(10-13(12)2)14(11-18-6)9-16-15(3,4)5/h12-14,16H,7-11H2,1-6H3. The zero-order valence-electron chi connectivity index (χ0n) is 13.1. The van der Waals surface area contributed by atoms with Crippen molar-refractivity contribution in [1.82, 2.24) is 10.2 Å². The lowest BCUT2D eigenvalue weighted by molar-refractivity contribution is 0.0434. The molecular formula is C15H32N2O. The van der Waals surface area contributed by atoms with Gasteiger partial charge in [-0.3, -0.25) is 4.90 Å². The molecule has 1 saturated heterocycles. The van der Waals surface area contributed by atoms with Gasteiger partial charge in [-0.15, -0.1) is 0 Å². The number of methoxy groups -OCH3 is 1. The molecular weight excluding hydrogens is 224 g/mol. The zero-order valence-corrected chi connectivity index (χ0v) is 13.1. The average molecular weight is 256 g/mol. The molecule has 1 rings (SSSR count). The van der Waals surface area contributed by atoms with Gasteiger partial charge in [-0.1, -0.05) is 13.8 Å². The monoisotopic (exact) mass is 256 g/mol. The van der Waals surface area contributed by atoms with E-state index in [1.165, 1.54) is 19.5 Å². The Kier molecular flexibility index (Phi) is 6.09. The van der Waals surface area contributed by atoms with Gasteiger partial charge in [0.1, 0.15) is 0 Å². The molecule has 0 aromatic carbocycles. The van der Waals surface area contributed by atoms with Crippen LogP contribution in [-0.4, -0.2) is 49.8 Å². The summed E-state index contributed by atoms with van der Waals surface area (Å²) in [5, 5.41) is 3.61. The van der Waals surface area contributed by atoms with E-state index in [0.717, 1.165) is 25.0 Å². The van der Waals surface area contributed by atoms with Crippen molar-refractivity contribution in [3.8, 4) is 0 Å². The predicted molar refractivity (Wildman–Crippen MR) is 77.9 cm³/mol. The molecule has 1 aliphatic rings. The van der Waals surface area contributed by atoms with Gasteiger partial charge in [-0.05, 0) is 45.6 Å². The Bertz CT molecular complexity index is 237. The van der Waals surface area contributed by atoms with Gasteiger partial charge in [0, 0.05) is 31.8 Å². The summed E-state index contributed by atoms with van der Waals surface area (Å²) < 4.78 is 5.40. The van der Waals surface area contributed by atoms with Crippen LogP contribution in [-0.2, 0) is 4.74 Å². The predicted octanol–water partition coefficient (Wildman–Crippen LogP) is 2.37. The van der Waals surface area contributed by atoms with Crippen molar-refractivity contribution < 1.29 is 4.74 Å². The van der Waals surface area contributed by atoms with E-state index >= 15 is 0 Å². The molecule has 0 aliphatic carbocycles. The van der Waals surface area contributed by atoms with Crippen molar-refractivity contribution in [1.29, 1.82) is 0 Å². The number of piperidine rings is 1. The first-order valence-electron chi connectivity index (χ1n) is 7.31. The molecule has 0 bridgehead atoms. The van der Waals surface area contributed by atoms with Crippen molar-refractivity contribution >= 4 is 0 Å². The molecule has 3 nitrogen and oxygen atoms in total. The molecule has 3 unspecified atom stereocenters. The second kappa shape index (κ2) is 6.88. The zero-order chi connectivity index (χ0) is 13.8. The Labute approximate surface area is 113 Å². The van der Waals surface area contributed by atoms with Gasteiger partial charge in [0.25, 0.3) is 0 Å². The molecule has 0 aromatic heterocycles. The van der Waals surface area contributed by atoms with Crippen molar-refractivity contribution in [2.45, 2.75) is 52.6 Å². The van der Waals surface area contributed by atoms with Gasteiger partial charge >= 0.3 is 0 Å². The molecule has 0 amide bonds. The second-order valence-electron chi connectivity index (χ2n) is 6.98. The van der Waals surface area contributed by atoms with Crippen molar-refractivity contribution in [2.24, 2.45) is 11.8 Å². The van der Waals surface area contributed by atoms with Gasteiger partial charge in [0.2, 0.25) is 0 Å². The smallest absolute Gasteiger partial charge is 0.0630 e. The highest BCUT2D eigenvalue weighted by molar-refractivity contribution is 4.84. The van der Waals surface area contributed by atoms with Gasteiger partial charge in [0.05, 0.1) is 6.61 Å².